The SMILES string of the molecule is CCC(C)C(C=C(C)C)c1ccc(Cn2c3ccccc3c(=O)c3ccccc32)cc1. The van der Waals surface area contributed by atoms with Crippen molar-refractivity contribution < 1.29 is 0 Å². The van der Waals surface area contributed by atoms with E-state index in [9.17, 15) is 4.79 Å². The Balaban J connectivity index is 1.77. The monoisotopic (exact) mass is 409 g/mol. The van der Waals surface area contributed by atoms with Crippen LogP contribution < -0.4 is 5.43 Å². The van der Waals surface area contributed by atoms with Crippen molar-refractivity contribution in [1.29, 1.82) is 0 Å². The highest BCUT2D eigenvalue weighted by Gasteiger charge is 2.16. The molecule has 0 N–H and O–H groups in total. The van der Waals surface area contributed by atoms with Gasteiger partial charge in [-0.2, -0.15) is 0 Å². The molecule has 3 aromatic carbocycles. The van der Waals surface area contributed by atoms with E-state index in [0.29, 0.717) is 11.8 Å². The summed E-state index contributed by atoms with van der Waals surface area (Å²) < 4.78 is 2.27. The van der Waals surface area contributed by atoms with Crippen molar-refractivity contribution >= 4 is 21.8 Å². The van der Waals surface area contributed by atoms with Gasteiger partial charge in [-0.1, -0.05) is 80.4 Å². The van der Waals surface area contributed by atoms with Crippen LogP contribution in [0.15, 0.2) is 89.2 Å². The number of allylic oxidation sites excluding steroid dienone is 2. The average Bonchev–Trinajstić information content (AvgIpc) is 2.80. The zero-order chi connectivity index (χ0) is 22.0. The summed E-state index contributed by atoms with van der Waals surface area (Å²) in [5, 5.41) is 1.55. The van der Waals surface area contributed by atoms with E-state index in [1.165, 1.54) is 16.7 Å². The van der Waals surface area contributed by atoms with Crippen molar-refractivity contribution in [3.05, 3.63) is 106 Å². The first kappa shape index (κ1) is 21.1. The summed E-state index contributed by atoms with van der Waals surface area (Å²) in [5.41, 5.74) is 6.04. The molecule has 4 rings (SSSR count). The van der Waals surface area contributed by atoms with Crippen LogP contribution in [0.2, 0.25) is 0 Å². The number of fused-ring (bicyclic) bond motifs is 2. The third-order valence-electron chi connectivity index (χ3n) is 6.35. The topological polar surface area (TPSA) is 22.0 Å². The van der Waals surface area contributed by atoms with E-state index in [-0.39, 0.29) is 5.43 Å². The molecule has 158 valence electrons. The predicted molar refractivity (Wildman–Crippen MR) is 133 cm³/mol. The summed E-state index contributed by atoms with van der Waals surface area (Å²) >= 11 is 0. The molecule has 0 spiro atoms. The maximum atomic E-state index is 13.0. The lowest BCUT2D eigenvalue weighted by molar-refractivity contribution is 0.505. The van der Waals surface area contributed by atoms with Crippen LogP contribution in [-0.2, 0) is 6.54 Å². The number of benzene rings is 3. The minimum atomic E-state index is 0.107. The lowest BCUT2D eigenvalue weighted by atomic mass is 9.84. The van der Waals surface area contributed by atoms with Crippen LogP contribution in [0.4, 0.5) is 0 Å². The van der Waals surface area contributed by atoms with E-state index in [2.05, 4.69) is 62.6 Å². The third-order valence-corrected chi connectivity index (χ3v) is 6.35. The highest BCUT2D eigenvalue weighted by atomic mass is 16.1. The molecule has 2 nitrogen and oxygen atoms in total. The van der Waals surface area contributed by atoms with Crippen LogP contribution >= 0.6 is 0 Å². The lowest BCUT2D eigenvalue weighted by Crippen LogP contribution is -2.12. The van der Waals surface area contributed by atoms with Gasteiger partial charge in [0.25, 0.3) is 0 Å². The van der Waals surface area contributed by atoms with Crippen LogP contribution in [0.5, 0.6) is 0 Å². The Hall–Kier alpha value is -3.13. The van der Waals surface area contributed by atoms with Crippen LogP contribution in [0, 0.1) is 5.92 Å². The fourth-order valence-electron chi connectivity index (χ4n) is 4.48. The van der Waals surface area contributed by atoms with Gasteiger partial charge in [0.1, 0.15) is 0 Å². The first-order valence-corrected chi connectivity index (χ1v) is 11.2. The molecule has 31 heavy (non-hydrogen) atoms. The summed E-state index contributed by atoms with van der Waals surface area (Å²) in [6, 6.07) is 24.9. The summed E-state index contributed by atoms with van der Waals surface area (Å²) in [5.74, 6) is 1.05. The van der Waals surface area contributed by atoms with Gasteiger partial charge in [-0.15, -0.1) is 0 Å². The first-order valence-electron chi connectivity index (χ1n) is 11.2. The van der Waals surface area contributed by atoms with E-state index < -0.39 is 0 Å². The number of para-hydroxylation sites is 2. The highest BCUT2D eigenvalue weighted by molar-refractivity contribution is 5.93. The van der Waals surface area contributed by atoms with Crippen molar-refractivity contribution in [2.45, 2.75) is 46.6 Å². The molecule has 0 bridgehead atoms. The molecular weight excluding hydrogens is 378 g/mol. The molecule has 1 aromatic heterocycles. The maximum absolute atomic E-state index is 13.0. The molecule has 2 heteroatoms. The van der Waals surface area contributed by atoms with Crippen LogP contribution in [0.25, 0.3) is 21.8 Å². The number of hydrogen-bond acceptors (Lipinski definition) is 1. The molecule has 0 aliphatic heterocycles. The molecule has 2 atom stereocenters. The Labute approximate surface area is 184 Å². The second kappa shape index (κ2) is 8.93. The van der Waals surface area contributed by atoms with E-state index in [0.717, 1.165) is 34.8 Å². The minimum absolute atomic E-state index is 0.107. The number of aromatic nitrogens is 1. The Morgan fingerprint density at radius 1 is 0.871 bits per heavy atom. The number of rotatable bonds is 6. The number of pyridine rings is 1. The maximum Gasteiger partial charge on any atom is 0.197 e. The summed E-state index contributed by atoms with van der Waals surface area (Å²) in [6.45, 7) is 9.68. The second-order valence-electron chi connectivity index (χ2n) is 8.85. The van der Waals surface area contributed by atoms with E-state index >= 15 is 0 Å². The van der Waals surface area contributed by atoms with E-state index in [1.807, 2.05) is 48.5 Å². The van der Waals surface area contributed by atoms with Gasteiger partial charge in [-0.05, 0) is 55.2 Å². The van der Waals surface area contributed by atoms with Gasteiger partial charge in [-0.3, -0.25) is 4.79 Å². The Bertz CT molecular complexity index is 1230. The van der Waals surface area contributed by atoms with Gasteiger partial charge < -0.3 is 4.57 Å². The first-order chi connectivity index (χ1) is 15.0. The van der Waals surface area contributed by atoms with Gasteiger partial charge in [0.15, 0.2) is 5.43 Å². The van der Waals surface area contributed by atoms with Gasteiger partial charge in [-0.25, -0.2) is 0 Å². The van der Waals surface area contributed by atoms with Gasteiger partial charge in [0.05, 0.1) is 11.0 Å². The smallest absolute Gasteiger partial charge is 0.197 e. The van der Waals surface area contributed by atoms with Gasteiger partial charge in [0, 0.05) is 23.2 Å². The van der Waals surface area contributed by atoms with Gasteiger partial charge >= 0.3 is 0 Å². The fraction of sp³-hybridized carbons (Fsp3) is 0.276. The van der Waals surface area contributed by atoms with Crippen LogP contribution in [0.3, 0.4) is 0 Å². The molecule has 0 aliphatic carbocycles. The summed E-state index contributed by atoms with van der Waals surface area (Å²) in [4.78, 5) is 13.0. The predicted octanol–water partition coefficient (Wildman–Crippen LogP) is 7.30. The molecule has 0 saturated heterocycles. The minimum Gasteiger partial charge on any atom is -0.336 e. The standard InChI is InChI=1S/C29H31NO/c1-5-21(4)26(18-20(2)3)23-16-14-22(15-17-23)19-30-27-12-8-6-10-24(27)29(31)25-11-7-9-13-28(25)30/h6-18,21,26H,5,19H2,1-4H3. The van der Waals surface area contributed by atoms with Crippen molar-refractivity contribution in [2.24, 2.45) is 5.92 Å². The van der Waals surface area contributed by atoms with E-state index in [4.69, 9.17) is 0 Å². The summed E-state index contributed by atoms with van der Waals surface area (Å²) in [7, 11) is 0. The zero-order valence-corrected chi connectivity index (χ0v) is 18.9. The number of hydrogen-bond donors (Lipinski definition) is 0. The van der Waals surface area contributed by atoms with Crippen molar-refractivity contribution in [3.8, 4) is 0 Å². The molecule has 0 saturated carbocycles. The van der Waals surface area contributed by atoms with E-state index in [1.54, 1.807) is 0 Å². The summed E-state index contributed by atoms with van der Waals surface area (Å²) in [6.07, 6.45) is 3.55. The second-order valence-corrected chi connectivity index (χ2v) is 8.85. The quantitative estimate of drug-likeness (QED) is 0.242. The van der Waals surface area contributed by atoms with Crippen molar-refractivity contribution in [2.75, 3.05) is 0 Å². The molecular formula is C29H31NO. The molecule has 1 heterocycles. The lowest BCUT2D eigenvalue weighted by Gasteiger charge is -2.21. The Morgan fingerprint density at radius 2 is 1.42 bits per heavy atom. The number of nitrogens with zero attached hydrogens (tertiary/aromatic N) is 1. The highest BCUT2D eigenvalue weighted by Crippen LogP contribution is 2.30. The molecule has 0 amide bonds. The molecule has 0 radical (unpaired) electrons. The Kier molecular flexibility index (Phi) is 6.08. The molecule has 2 unspecified atom stereocenters. The molecule has 4 aromatic rings. The van der Waals surface area contributed by atoms with Crippen molar-refractivity contribution in [1.82, 2.24) is 4.57 Å². The molecule has 0 aliphatic rings. The van der Waals surface area contributed by atoms with Crippen molar-refractivity contribution in [3.63, 3.8) is 0 Å². The zero-order valence-electron chi connectivity index (χ0n) is 18.9. The average molecular weight is 410 g/mol. The fourth-order valence-corrected chi connectivity index (χ4v) is 4.48. The van der Waals surface area contributed by atoms with Gasteiger partial charge in [0.2, 0.25) is 0 Å². The van der Waals surface area contributed by atoms with Crippen LogP contribution in [0.1, 0.15) is 51.2 Å². The largest absolute Gasteiger partial charge is 0.336 e. The Morgan fingerprint density at radius 3 is 1.94 bits per heavy atom. The third kappa shape index (κ3) is 4.20. The normalized spacial score (nSPS) is 13.3. The van der Waals surface area contributed by atoms with Crippen LogP contribution in [-0.4, -0.2) is 4.57 Å². The molecule has 0 fully saturated rings.